The Bertz CT molecular complexity index is 2450. The largest absolute Gasteiger partial charge is 0.497 e. The predicted octanol–water partition coefficient (Wildman–Crippen LogP) is 8.42. The van der Waals surface area contributed by atoms with Gasteiger partial charge in [0.15, 0.2) is 5.75 Å². The zero-order valence-corrected chi connectivity index (χ0v) is 37.4. The van der Waals surface area contributed by atoms with Crippen LogP contribution in [0.5, 0.6) is 23.0 Å². The first-order chi connectivity index (χ1) is 30.2. The molecule has 0 radical (unpaired) electrons. The summed E-state index contributed by atoms with van der Waals surface area (Å²) in [4.78, 5) is 31.2. The van der Waals surface area contributed by atoms with Crippen molar-refractivity contribution in [2.24, 2.45) is 0 Å². The van der Waals surface area contributed by atoms with E-state index >= 15 is 0 Å². The summed E-state index contributed by atoms with van der Waals surface area (Å²) in [7, 11) is -0.738. The Morgan fingerprint density at radius 3 is 2.24 bits per heavy atom. The average Bonchev–Trinajstić information content (AvgIpc) is 3.24. The van der Waals surface area contributed by atoms with Crippen LogP contribution in [0.2, 0.25) is 0 Å². The number of nitrogens with zero attached hydrogens (tertiary/aromatic N) is 1. The molecule has 0 saturated carbocycles. The highest BCUT2D eigenvalue weighted by molar-refractivity contribution is 7.92. The molecule has 63 heavy (non-hydrogen) atoms. The Hall–Kier alpha value is -6.14. The molecule has 0 bridgehead atoms. The number of amides is 3. The molecule has 1 aromatic heterocycles. The van der Waals surface area contributed by atoms with E-state index in [0.717, 1.165) is 42.9 Å². The molecular formula is C46H58N6O10S. The lowest BCUT2D eigenvalue weighted by Gasteiger charge is -2.28. The maximum atomic E-state index is 13.7. The van der Waals surface area contributed by atoms with Crippen LogP contribution in [0.15, 0.2) is 85.1 Å². The van der Waals surface area contributed by atoms with Gasteiger partial charge in [-0.05, 0) is 59.9 Å². The van der Waals surface area contributed by atoms with Crippen molar-refractivity contribution >= 4 is 61.3 Å². The third-order valence-corrected chi connectivity index (χ3v) is 10.5. The molecule has 0 fully saturated rings. The molecule has 16 nitrogen and oxygen atoms in total. The molecular weight excluding hydrogens is 829 g/mol. The number of hydrogen-bond acceptors (Lipinski definition) is 12. The summed E-state index contributed by atoms with van der Waals surface area (Å²) in [5, 5.41) is 22.1. The third-order valence-electron chi connectivity index (χ3n) is 9.93. The molecule has 1 heterocycles. The fourth-order valence-electron chi connectivity index (χ4n) is 6.78. The number of nitrogens with one attached hydrogen (secondary N) is 5. The minimum Gasteiger partial charge on any atom is -0.497 e. The van der Waals surface area contributed by atoms with Crippen LogP contribution in [0.4, 0.5) is 33.4 Å². The number of fused-ring (bicyclic) bond motifs is 1. The number of sulfonamides is 1. The molecule has 0 atom stereocenters. The Morgan fingerprint density at radius 2 is 1.52 bits per heavy atom. The Kier molecular flexibility index (Phi) is 17.3. The molecule has 0 unspecified atom stereocenters. The van der Waals surface area contributed by atoms with E-state index in [1.165, 1.54) is 14.2 Å². The second-order valence-corrected chi connectivity index (χ2v) is 17.1. The van der Waals surface area contributed by atoms with E-state index < -0.39 is 16.1 Å². The van der Waals surface area contributed by atoms with Gasteiger partial charge in [-0.2, -0.15) is 0 Å². The number of rotatable bonds is 24. The number of carbonyl (C=O) groups excluding carboxylic acids is 2. The van der Waals surface area contributed by atoms with Crippen molar-refractivity contribution in [1.29, 1.82) is 0 Å². The fraction of sp³-hybridized carbons (Fsp3) is 0.370. The molecule has 3 amide bonds. The summed E-state index contributed by atoms with van der Waals surface area (Å²) >= 11 is 0. The molecule has 5 rings (SSSR count). The van der Waals surface area contributed by atoms with Gasteiger partial charge in [-0.1, -0.05) is 64.3 Å². The zero-order valence-electron chi connectivity index (χ0n) is 36.6. The number of carbonyl (C=O) groups is 2. The number of ether oxygens (including phenoxy) is 5. The molecule has 6 N–H and O–H groups in total. The number of anilines is 5. The number of methoxy groups -OCH3 is 2. The topological polar surface area (TPSA) is 208 Å². The van der Waals surface area contributed by atoms with Gasteiger partial charge in [0.1, 0.15) is 23.1 Å². The van der Waals surface area contributed by atoms with Gasteiger partial charge in [-0.25, -0.2) is 18.2 Å². The summed E-state index contributed by atoms with van der Waals surface area (Å²) in [6, 6.07) is 22.5. The molecule has 338 valence electrons. The Morgan fingerprint density at radius 1 is 0.794 bits per heavy atom. The summed E-state index contributed by atoms with van der Waals surface area (Å²) < 4.78 is 55.4. The van der Waals surface area contributed by atoms with E-state index in [-0.39, 0.29) is 42.5 Å². The summed E-state index contributed by atoms with van der Waals surface area (Å²) in [6.45, 7) is 7.81. The standard InChI is InChI=1S/C46H58N6O10S/c1-7-8-11-17-46(2,3)32-27-39(43(59-5)40(28-32)52-63(6,56)57)51-45(55)50-38-14-15-41(37-13-10-9-12-36(37)38)62-34-16-18-47-42(30-34)49-33-25-31(26-35(29-33)58-4)44(54)48-19-21-60-23-24-61-22-20-53/h9-10,12-16,18,25-30,52-53H,7-8,11,17,19-24H2,1-6H3,(H,47,49)(H,48,54)(H2,50,51,55). The van der Waals surface area contributed by atoms with Crippen LogP contribution in [0, 0.1) is 0 Å². The monoisotopic (exact) mass is 886 g/mol. The predicted molar refractivity (Wildman–Crippen MR) is 247 cm³/mol. The maximum Gasteiger partial charge on any atom is 0.323 e. The smallest absolute Gasteiger partial charge is 0.323 e. The van der Waals surface area contributed by atoms with Crippen LogP contribution in [0.1, 0.15) is 62.4 Å². The third kappa shape index (κ3) is 14.2. The van der Waals surface area contributed by atoms with Crippen molar-refractivity contribution in [3.8, 4) is 23.0 Å². The van der Waals surface area contributed by atoms with Crippen molar-refractivity contribution < 1.29 is 46.8 Å². The van der Waals surface area contributed by atoms with Crippen LogP contribution in [-0.4, -0.2) is 90.5 Å². The lowest BCUT2D eigenvalue weighted by Crippen LogP contribution is -2.27. The quantitative estimate of drug-likeness (QED) is 0.0323. The minimum atomic E-state index is -3.67. The second-order valence-electron chi connectivity index (χ2n) is 15.3. The van der Waals surface area contributed by atoms with E-state index in [1.807, 2.05) is 30.3 Å². The number of benzene rings is 4. The molecule has 17 heteroatoms. The van der Waals surface area contributed by atoms with Gasteiger partial charge in [0.05, 0.1) is 70.6 Å². The SMILES string of the molecule is CCCCCC(C)(C)c1cc(NC(=O)Nc2ccc(Oc3ccnc(Nc4cc(OC)cc(C(=O)NCCOCCOCCO)c4)c3)c3ccccc23)c(OC)c(NS(C)(=O)=O)c1. The van der Waals surface area contributed by atoms with E-state index in [0.29, 0.717) is 70.9 Å². The van der Waals surface area contributed by atoms with Gasteiger partial charge < -0.3 is 50.1 Å². The number of aliphatic hydroxyl groups excluding tert-OH is 1. The number of aliphatic hydroxyl groups is 1. The lowest BCUT2D eigenvalue weighted by molar-refractivity contribution is 0.0338. The highest BCUT2D eigenvalue weighted by Gasteiger charge is 2.26. The van der Waals surface area contributed by atoms with Gasteiger partial charge in [0, 0.05) is 46.9 Å². The van der Waals surface area contributed by atoms with Crippen molar-refractivity contribution in [3.63, 3.8) is 0 Å². The molecule has 0 spiro atoms. The molecule has 0 aliphatic rings. The number of pyridine rings is 1. The number of hydrogen-bond donors (Lipinski definition) is 6. The Labute approximate surface area is 369 Å². The van der Waals surface area contributed by atoms with Gasteiger partial charge in [-0.3, -0.25) is 9.52 Å². The van der Waals surface area contributed by atoms with Gasteiger partial charge in [0.2, 0.25) is 10.0 Å². The van der Waals surface area contributed by atoms with Crippen molar-refractivity contribution in [2.75, 3.05) is 80.7 Å². The van der Waals surface area contributed by atoms with Crippen LogP contribution in [0.25, 0.3) is 10.8 Å². The van der Waals surface area contributed by atoms with E-state index in [4.69, 9.17) is 28.8 Å². The number of aromatic nitrogens is 1. The van der Waals surface area contributed by atoms with Crippen LogP contribution >= 0.6 is 0 Å². The molecule has 0 aliphatic heterocycles. The van der Waals surface area contributed by atoms with Crippen molar-refractivity contribution in [3.05, 3.63) is 96.2 Å². The van der Waals surface area contributed by atoms with Crippen molar-refractivity contribution in [1.82, 2.24) is 10.3 Å². The van der Waals surface area contributed by atoms with Gasteiger partial charge in [-0.15, -0.1) is 0 Å². The molecule has 0 saturated heterocycles. The second kappa shape index (κ2) is 22.8. The highest BCUT2D eigenvalue weighted by Crippen LogP contribution is 2.41. The first kappa shape index (κ1) is 47.9. The van der Waals surface area contributed by atoms with Gasteiger partial charge >= 0.3 is 6.03 Å². The molecule has 5 aromatic rings. The van der Waals surface area contributed by atoms with Crippen LogP contribution in [-0.2, 0) is 24.9 Å². The van der Waals surface area contributed by atoms with Crippen LogP contribution < -0.4 is 40.2 Å². The molecule has 4 aromatic carbocycles. The maximum absolute atomic E-state index is 13.7. The number of unbranched alkanes of at least 4 members (excludes halogenated alkanes) is 2. The summed E-state index contributed by atoms with van der Waals surface area (Å²) in [5.74, 6) is 1.77. The highest BCUT2D eigenvalue weighted by atomic mass is 32.2. The lowest BCUT2D eigenvalue weighted by atomic mass is 9.79. The first-order valence-corrected chi connectivity index (χ1v) is 22.6. The average molecular weight is 887 g/mol. The summed E-state index contributed by atoms with van der Waals surface area (Å²) in [6.07, 6.45) is 6.65. The van der Waals surface area contributed by atoms with Crippen LogP contribution in [0.3, 0.4) is 0 Å². The summed E-state index contributed by atoms with van der Waals surface area (Å²) in [5.41, 5.74) is 2.48. The minimum absolute atomic E-state index is 0.0510. The van der Waals surface area contributed by atoms with Crippen molar-refractivity contribution in [2.45, 2.75) is 51.9 Å². The van der Waals surface area contributed by atoms with E-state index in [2.05, 4.69) is 51.7 Å². The zero-order chi connectivity index (χ0) is 45.4. The van der Waals surface area contributed by atoms with E-state index in [1.54, 1.807) is 54.7 Å². The Balaban J connectivity index is 1.31. The molecule has 0 aliphatic carbocycles. The van der Waals surface area contributed by atoms with E-state index in [9.17, 15) is 18.0 Å². The first-order valence-electron chi connectivity index (χ1n) is 20.7. The number of urea groups is 1. The fourth-order valence-corrected chi connectivity index (χ4v) is 7.33. The van der Waals surface area contributed by atoms with Gasteiger partial charge in [0.25, 0.3) is 5.91 Å². The normalized spacial score (nSPS) is 11.5.